The first-order chi connectivity index (χ1) is 9.81. The van der Waals surface area contributed by atoms with Crippen molar-refractivity contribution in [2.75, 3.05) is 0 Å². The Morgan fingerprint density at radius 3 is 2.48 bits per heavy atom. The number of carboxylic acids is 1. The fourth-order valence-corrected chi connectivity index (χ4v) is 2.78. The highest BCUT2D eigenvalue weighted by atomic mass is 35.5. The predicted molar refractivity (Wildman–Crippen MR) is 85.1 cm³/mol. The Balaban J connectivity index is 2.46. The number of carbonyl (C=O) groups is 1. The van der Waals surface area contributed by atoms with Gasteiger partial charge in [-0.15, -0.1) is 0 Å². The molecule has 1 N–H and O–H groups in total. The largest absolute Gasteiger partial charge is 0.480 e. The van der Waals surface area contributed by atoms with Crippen molar-refractivity contribution in [2.24, 2.45) is 0 Å². The molecule has 1 aromatic heterocycles. The zero-order valence-electron chi connectivity index (χ0n) is 11.3. The minimum absolute atomic E-state index is 0.410. The maximum Gasteiger partial charge on any atom is 0.319 e. The third-order valence-electron chi connectivity index (χ3n) is 2.72. The number of thioether (sulfide) groups is 1. The van der Waals surface area contributed by atoms with Gasteiger partial charge in [0.25, 0.3) is 0 Å². The highest BCUT2D eigenvalue weighted by Crippen LogP contribution is 2.37. The second-order valence-electron chi connectivity index (χ2n) is 4.76. The normalized spacial score (nSPS) is 11.4. The summed E-state index contributed by atoms with van der Waals surface area (Å²) in [4.78, 5) is 19.8. The number of rotatable bonds is 4. The molecule has 2 rings (SSSR count). The summed E-state index contributed by atoms with van der Waals surface area (Å²) < 4.78 is -1.01. The van der Waals surface area contributed by atoms with Crippen LogP contribution in [0.4, 0.5) is 0 Å². The maximum absolute atomic E-state index is 11.3. The highest BCUT2D eigenvalue weighted by molar-refractivity contribution is 8.01. The zero-order valence-corrected chi connectivity index (χ0v) is 13.6. The van der Waals surface area contributed by atoms with Gasteiger partial charge in [0.2, 0.25) is 0 Å². The van der Waals surface area contributed by atoms with Gasteiger partial charge in [0, 0.05) is 18.0 Å². The van der Waals surface area contributed by atoms with Crippen molar-refractivity contribution in [1.29, 1.82) is 0 Å². The Bertz CT molecular complexity index is 692. The van der Waals surface area contributed by atoms with Crippen LogP contribution < -0.4 is 0 Å². The third kappa shape index (κ3) is 3.67. The third-order valence-corrected chi connectivity index (χ3v) is 4.64. The van der Waals surface area contributed by atoms with Crippen molar-refractivity contribution in [3.05, 3.63) is 40.6 Å². The molecule has 0 aliphatic heterocycles. The molecule has 0 radical (unpaired) electrons. The van der Waals surface area contributed by atoms with E-state index in [1.165, 1.54) is 6.20 Å². The van der Waals surface area contributed by atoms with E-state index in [0.717, 1.165) is 17.3 Å². The van der Waals surface area contributed by atoms with E-state index in [0.29, 0.717) is 20.8 Å². The predicted octanol–water partition coefficient (Wildman–Crippen LogP) is 4.41. The fourth-order valence-electron chi connectivity index (χ4n) is 1.53. The van der Waals surface area contributed by atoms with Crippen LogP contribution in [0.2, 0.25) is 10.0 Å². The van der Waals surface area contributed by atoms with E-state index in [1.807, 2.05) is 0 Å². The monoisotopic (exact) mass is 342 g/mol. The zero-order chi connectivity index (χ0) is 15.6. The summed E-state index contributed by atoms with van der Waals surface area (Å²) in [7, 11) is 0. The van der Waals surface area contributed by atoms with E-state index in [2.05, 4.69) is 9.97 Å². The molecule has 7 heteroatoms. The van der Waals surface area contributed by atoms with E-state index in [4.69, 9.17) is 23.2 Å². The van der Waals surface area contributed by atoms with Gasteiger partial charge in [-0.2, -0.15) is 0 Å². The lowest BCUT2D eigenvalue weighted by atomic mass is 10.1. The molecule has 1 aromatic carbocycles. The van der Waals surface area contributed by atoms with Gasteiger partial charge < -0.3 is 5.11 Å². The summed E-state index contributed by atoms with van der Waals surface area (Å²) >= 11 is 13.1. The highest BCUT2D eigenvalue weighted by Gasteiger charge is 2.30. The summed E-state index contributed by atoms with van der Waals surface area (Å²) in [6.45, 7) is 3.24. The Hall–Kier alpha value is -1.30. The molecule has 4 nitrogen and oxygen atoms in total. The molecule has 110 valence electrons. The Morgan fingerprint density at radius 2 is 1.86 bits per heavy atom. The Morgan fingerprint density at radius 1 is 1.19 bits per heavy atom. The minimum atomic E-state index is -1.01. The summed E-state index contributed by atoms with van der Waals surface area (Å²) in [5.74, 6) is -0.918. The van der Waals surface area contributed by atoms with Crippen molar-refractivity contribution >= 4 is 40.9 Å². The topological polar surface area (TPSA) is 63.1 Å². The van der Waals surface area contributed by atoms with E-state index in [9.17, 15) is 9.90 Å². The Labute approximate surface area is 136 Å². The van der Waals surface area contributed by atoms with Crippen LogP contribution in [-0.4, -0.2) is 25.8 Å². The molecular weight excluding hydrogens is 331 g/mol. The van der Waals surface area contributed by atoms with Gasteiger partial charge in [0.05, 0.1) is 10.0 Å². The number of carboxylic acid groups (broad SMARTS) is 1. The van der Waals surface area contributed by atoms with Crippen LogP contribution in [0.5, 0.6) is 0 Å². The standard InChI is InChI=1S/C14H12Cl2N2O2S/c1-14(2,13(19)20)21-12-11(17-5-6-18-12)8-3-4-9(15)10(16)7-8/h3-7H,1-2H3,(H,19,20). The summed E-state index contributed by atoms with van der Waals surface area (Å²) in [6.07, 6.45) is 3.08. The average Bonchev–Trinajstić information content (AvgIpc) is 2.42. The molecule has 0 aliphatic carbocycles. The Kier molecular flexibility index (Phi) is 4.76. The molecule has 0 saturated heterocycles. The molecule has 0 fully saturated rings. The van der Waals surface area contributed by atoms with Crippen molar-refractivity contribution in [3.63, 3.8) is 0 Å². The first-order valence-electron chi connectivity index (χ1n) is 6.00. The lowest BCUT2D eigenvalue weighted by Gasteiger charge is -2.19. The van der Waals surface area contributed by atoms with Crippen molar-refractivity contribution in [1.82, 2.24) is 9.97 Å². The van der Waals surface area contributed by atoms with E-state index in [1.54, 1.807) is 38.2 Å². The van der Waals surface area contributed by atoms with E-state index < -0.39 is 10.7 Å². The van der Waals surface area contributed by atoms with Gasteiger partial charge in [-0.1, -0.05) is 41.0 Å². The lowest BCUT2D eigenvalue weighted by molar-refractivity contribution is -0.138. The molecular formula is C14H12Cl2N2O2S. The van der Waals surface area contributed by atoms with Crippen LogP contribution in [-0.2, 0) is 4.79 Å². The molecule has 2 aromatic rings. The SMILES string of the molecule is CC(C)(Sc1nccnc1-c1ccc(Cl)c(Cl)c1)C(=O)O. The molecule has 0 saturated carbocycles. The van der Waals surface area contributed by atoms with Crippen LogP contribution in [0.25, 0.3) is 11.3 Å². The first kappa shape index (κ1) is 16.1. The number of benzene rings is 1. The average molecular weight is 343 g/mol. The van der Waals surface area contributed by atoms with E-state index in [-0.39, 0.29) is 0 Å². The fraction of sp³-hybridized carbons (Fsp3) is 0.214. The van der Waals surface area contributed by atoms with Gasteiger partial charge in [-0.3, -0.25) is 9.78 Å². The quantitative estimate of drug-likeness (QED) is 0.834. The number of nitrogens with zero attached hydrogens (tertiary/aromatic N) is 2. The lowest BCUT2D eigenvalue weighted by Crippen LogP contribution is -2.27. The summed E-state index contributed by atoms with van der Waals surface area (Å²) in [5, 5.41) is 10.6. The summed E-state index contributed by atoms with van der Waals surface area (Å²) in [5.41, 5.74) is 1.32. The first-order valence-corrected chi connectivity index (χ1v) is 7.57. The molecule has 0 unspecified atom stereocenters. The molecule has 0 atom stereocenters. The number of aromatic nitrogens is 2. The molecule has 1 heterocycles. The van der Waals surface area contributed by atoms with Gasteiger partial charge in [0.15, 0.2) is 0 Å². The minimum Gasteiger partial charge on any atom is -0.480 e. The number of halogens is 2. The molecule has 0 aliphatic rings. The molecule has 0 bridgehead atoms. The van der Waals surface area contributed by atoms with Gasteiger partial charge in [-0.25, -0.2) is 4.98 Å². The van der Waals surface area contributed by atoms with Crippen LogP contribution >= 0.6 is 35.0 Å². The second kappa shape index (κ2) is 6.22. The number of hydrogen-bond acceptors (Lipinski definition) is 4. The number of hydrogen-bond donors (Lipinski definition) is 1. The van der Waals surface area contributed by atoms with Gasteiger partial charge >= 0.3 is 5.97 Å². The van der Waals surface area contributed by atoms with Crippen LogP contribution in [0.1, 0.15) is 13.8 Å². The van der Waals surface area contributed by atoms with Crippen molar-refractivity contribution in [2.45, 2.75) is 23.6 Å². The van der Waals surface area contributed by atoms with E-state index >= 15 is 0 Å². The van der Waals surface area contributed by atoms with Crippen LogP contribution in [0.3, 0.4) is 0 Å². The smallest absolute Gasteiger partial charge is 0.319 e. The van der Waals surface area contributed by atoms with Crippen LogP contribution in [0.15, 0.2) is 35.6 Å². The van der Waals surface area contributed by atoms with Crippen molar-refractivity contribution < 1.29 is 9.90 Å². The van der Waals surface area contributed by atoms with Gasteiger partial charge in [0.1, 0.15) is 15.5 Å². The molecule has 21 heavy (non-hydrogen) atoms. The maximum atomic E-state index is 11.3. The summed E-state index contributed by atoms with van der Waals surface area (Å²) in [6, 6.07) is 5.13. The molecule has 0 spiro atoms. The number of aliphatic carboxylic acids is 1. The van der Waals surface area contributed by atoms with Gasteiger partial charge in [-0.05, 0) is 26.0 Å². The molecule has 0 amide bonds. The van der Waals surface area contributed by atoms with Crippen LogP contribution in [0, 0.1) is 0 Å². The van der Waals surface area contributed by atoms with Crippen molar-refractivity contribution in [3.8, 4) is 11.3 Å². The second-order valence-corrected chi connectivity index (χ2v) is 7.18.